The van der Waals surface area contributed by atoms with Gasteiger partial charge in [0.15, 0.2) is 0 Å². The fourth-order valence-electron chi connectivity index (χ4n) is 2.88. The van der Waals surface area contributed by atoms with E-state index in [1.165, 1.54) is 11.8 Å². The number of carbonyl (C=O) groups excluding carboxylic acids is 1. The maximum Gasteiger partial charge on any atom is 0.137 e. The van der Waals surface area contributed by atoms with Crippen molar-refractivity contribution in [1.82, 2.24) is 4.98 Å². The normalized spacial score (nSPS) is 11.9. The van der Waals surface area contributed by atoms with Gasteiger partial charge in [0.25, 0.3) is 0 Å². The van der Waals surface area contributed by atoms with E-state index in [0.717, 1.165) is 16.8 Å². The minimum absolute atomic E-state index is 0.0386. The van der Waals surface area contributed by atoms with Crippen LogP contribution in [0, 0.1) is 0 Å². The van der Waals surface area contributed by atoms with Gasteiger partial charge in [-0.15, -0.1) is 0 Å². The number of benzene rings is 2. The van der Waals surface area contributed by atoms with E-state index in [-0.39, 0.29) is 17.5 Å². The number of rotatable bonds is 6. The molecule has 3 rings (SSSR count). The quantitative estimate of drug-likeness (QED) is 0.708. The number of hydrogen-bond donors (Lipinski definition) is 1. The average molecular weight is 331 g/mol. The molecule has 0 fully saturated rings. The van der Waals surface area contributed by atoms with Crippen molar-refractivity contribution in [2.45, 2.75) is 25.7 Å². The average Bonchev–Trinajstić information content (AvgIpc) is 2.63. The molecule has 1 aromatic heterocycles. The topological polar surface area (TPSA) is 50.2 Å². The lowest BCUT2D eigenvalue weighted by Crippen LogP contribution is -2.08. The van der Waals surface area contributed by atoms with Crippen molar-refractivity contribution in [3.8, 4) is 16.9 Å². The van der Waals surface area contributed by atoms with Crippen LogP contribution in [-0.2, 0) is 11.2 Å². The Kier molecular flexibility index (Phi) is 5.24. The van der Waals surface area contributed by atoms with Crippen molar-refractivity contribution in [2.24, 2.45) is 0 Å². The highest BCUT2D eigenvalue weighted by atomic mass is 16.3. The van der Waals surface area contributed by atoms with Gasteiger partial charge in [-0.25, -0.2) is 0 Å². The molecule has 0 amide bonds. The number of carbonyl (C=O) groups is 1. The zero-order valence-corrected chi connectivity index (χ0v) is 14.2. The van der Waals surface area contributed by atoms with E-state index >= 15 is 0 Å². The van der Waals surface area contributed by atoms with E-state index in [1.54, 1.807) is 12.1 Å². The van der Waals surface area contributed by atoms with Gasteiger partial charge in [-0.3, -0.25) is 9.78 Å². The Morgan fingerprint density at radius 2 is 1.64 bits per heavy atom. The number of ketones is 1. The van der Waals surface area contributed by atoms with Gasteiger partial charge in [0.05, 0.1) is 6.20 Å². The molecule has 0 bridgehead atoms. The molecule has 0 unspecified atom stereocenters. The monoisotopic (exact) mass is 331 g/mol. The van der Waals surface area contributed by atoms with Gasteiger partial charge in [-0.1, -0.05) is 61.5 Å². The van der Waals surface area contributed by atoms with Crippen molar-refractivity contribution in [2.75, 3.05) is 0 Å². The van der Waals surface area contributed by atoms with Crippen LogP contribution >= 0.6 is 0 Å². The molecule has 1 N–H and O–H groups in total. The fraction of sp³-hybridized carbons (Fsp3) is 0.182. The van der Waals surface area contributed by atoms with E-state index in [1.807, 2.05) is 37.3 Å². The molecule has 2 aromatic carbocycles. The van der Waals surface area contributed by atoms with Crippen LogP contribution < -0.4 is 0 Å². The number of nitrogens with zero attached hydrogens (tertiary/aromatic N) is 1. The Labute approximate surface area is 148 Å². The van der Waals surface area contributed by atoms with Gasteiger partial charge in [0, 0.05) is 24.5 Å². The van der Waals surface area contributed by atoms with Gasteiger partial charge in [0.1, 0.15) is 11.5 Å². The van der Waals surface area contributed by atoms with Crippen LogP contribution in [-0.4, -0.2) is 15.9 Å². The van der Waals surface area contributed by atoms with Gasteiger partial charge in [-0.2, -0.15) is 0 Å². The lowest BCUT2D eigenvalue weighted by Gasteiger charge is -2.10. The molecule has 0 aliphatic heterocycles. The van der Waals surface area contributed by atoms with E-state index in [9.17, 15) is 9.90 Å². The molecule has 0 radical (unpaired) electrons. The summed E-state index contributed by atoms with van der Waals surface area (Å²) in [4.78, 5) is 16.5. The number of pyridine rings is 1. The molecule has 0 aliphatic carbocycles. The third-order valence-corrected chi connectivity index (χ3v) is 4.27. The first kappa shape index (κ1) is 16.9. The first-order chi connectivity index (χ1) is 12.1. The summed E-state index contributed by atoms with van der Waals surface area (Å²) in [5.41, 5.74) is 4.17. The van der Waals surface area contributed by atoms with Crippen molar-refractivity contribution >= 4 is 5.78 Å². The Hall–Kier alpha value is -2.94. The van der Waals surface area contributed by atoms with Crippen LogP contribution in [0.3, 0.4) is 0 Å². The Morgan fingerprint density at radius 3 is 2.28 bits per heavy atom. The summed E-state index contributed by atoms with van der Waals surface area (Å²) >= 11 is 0. The molecule has 3 nitrogen and oxygen atoms in total. The summed E-state index contributed by atoms with van der Waals surface area (Å²) in [6.07, 6.45) is 2.29. The third-order valence-electron chi connectivity index (χ3n) is 4.27. The second-order valence-corrected chi connectivity index (χ2v) is 6.32. The van der Waals surface area contributed by atoms with Gasteiger partial charge >= 0.3 is 0 Å². The van der Waals surface area contributed by atoms with Gasteiger partial charge in [0.2, 0.25) is 0 Å². The van der Waals surface area contributed by atoms with Gasteiger partial charge in [-0.05, 0) is 28.8 Å². The fourth-order valence-corrected chi connectivity index (χ4v) is 2.88. The number of Topliss-reactive ketones (excluding diaryl/α,β-unsaturated/α-hetero) is 1. The summed E-state index contributed by atoms with van der Waals surface area (Å²) in [5.74, 6) is 0.368. The first-order valence-electron chi connectivity index (χ1n) is 8.43. The van der Waals surface area contributed by atoms with Crippen LogP contribution in [0.2, 0.25) is 0 Å². The minimum atomic E-state index is 0.0386. The molecule has 126 valence electrons. The summed E-state index contributed by atoms with van der Waals surface area (Å²) < 4.78 is 0. The molecule has 3 aromatic rings. The lowest BCUT2D eigenvalue weighted by molar-refractivity contribution is -0.118. The molecule has 0 spiro atoms. The second kappa shape index (κ2) is 7.75. The predicted octanol–water partition coefficient (Wildman–Crippen LogP) is 4.76. The van der Waals surface area contributed by atoms with E-state index in [4.69, 9.17) is 0 Å². The smallest absolute Gasteiger partial charge is 0.137 e. The van der Waals surface area contributed by atoms with E-state index in [2.05, 4.69) is 29.2 Å². The summed E-state index contributed by atoms with van der Waals surface area (Å²) in [5, 5.41) is 9.29. The minimum Gasteiger partial charge on any atom is -0.506 e. The van der Waals surface area contributed by atoms with Crippen molar-refractivity contribution < 1.29 is 9.90 Å². The molecule has 0 saturated carbocycles. The Balaban J connectivity index is 1.60. The number of aromatic nitrogens is 1. The molecule has 0 aliphatic rings. The zero-order chi connectivity index (χ0) is 17.6. The number of aromatic hydroxyl groups is 1. The highest BCUT2D eigenvalue weighted by Gasteiger charge is 2.13. The highest BCUT2D eigenvalue weighted by molar-refractivity contribution is 5.81. The van der Waals surface area contributed by atoms with Crippen LogP contribution in [0.25, 0.3) is 11.1 Å². The predicted molar refractivity (Wildman–Crippen MR) is 99.5 cm³/mol. The zero-order valence-electron chi connectivity index (χ0n) is 14.2. The largest absolute Gasteiger partial charge is 0.506 e. The molecular formula is C22H21NO2. The van der Waals surface area contributed by atoms with Crippen LogP contribution in [0.1, 0.15) is 30.5 Å². The van der Waals surface area contributed by atoms with E-state index < -0.39 is 0 Å². The first-order valence-corrected chi connectivity index (χ1v) is 8.43. The standard InChI is InChI=1S/C22H21NO2/c1-16(22-12-11-20(24)15-23-22)13-21(25)14-17-7-9-19(10-8-17)18-5-3-2-4-6-18/h2-12,15-16,24H,13-14H2,1H3/t16-/m0/s1. The Morgan fingerprint density at radius 1 is 0.960 bits per heavy atom. The molecule has 1 atom stereocenters. The maximum atomic E-state index is 12.3. The van der Waals surface area contributed by atoms with Crippen molar-refractivity contribution in [1.29, 1.82) is 0 Å². The van der Waals surface area contributed by atoms with Crippen LogP contribution in [0.15, 0.2) is 72.9 Å². The Bertz CT molecular complexity index is 824. The van der Waals surface area contributed by atoms with Crippen LogP contribution in [0.4, 0.5) is 0 Å². The third kappa shape index (κ3) is 4.54. The maximum absolute atomic E-state index is 12.3. The summed E-state index contributed by atoms with van der Waals surface area (Å²) in [6, 6.07) is 21.7. The molecule has 25 heavy (non-hydrogen) atoms. The molecule has 1 heterocycles. The summed E-state index contributed by atoms with van der Waals surface area (Å²) in [7, 11) is 0. The second-order valence-electron chi connectivity index (χ2n) is 6.32. The molecular weight excluding hydrogens is 310 g/mol. The molecule has 3 heteroatoms. The van der Waals surface area contributed by atoms with Gasteiger partial charge < -0.3 is 5.11 Å². The molecule has 0 saturated heterocycles. The summed E-state index contributed by atoms with van der Waals surface area (Å²) in [6.45, 7) is 1.98. The van der Waals surface area contributed by atoms with Crippen molar-refractivity contribution in [3.05, 3.63) is 84.2 Å². The highest BCUT2D eigenvalue weighted by Crippen LogP contribution is 2.22. The number of hydrogen-bond acceptors (Lipinski definition) is 3. The van der Waals surface area contributed by atoms with E-state index in [0.29, 0.717) is 12.8 Å². The lowest BCUT2D eigenvalue weighted by atomic mass is 9.96. The van der Waals surface area contributed by atoms with Crippen LogP contribution in [0.5, 0.6) is 5.75 Å². The van der Waals surface area contributed by atoms with Crippen molar-refractivity contribution in [3.63, 3.8) is 0 Å². The SMILES string of the molecule is C[C@@H](CC(=O)Cc1ccc(-c2ccccc2)cc1)c1ccc(O)cn1.